The molecule has 0 aliphatic carbocycles. The van der Waals surface area contributed by atoms with Gasteiger partial charge in [-0.3, -0.25) is 9.00 Å². The van der Waals surface area contributed by atoms with E-state index in [2.05, 4.69) is 0 Å². The van der Waals surface area contributed by atoms with Crippen LogP contribution in [0.5, 0.6) is 0 Å². The molecule has 0 aliphatic rings. The summed E-state index contributed by atoms with van der Waals surface area (Å²) in [5.74, 6) is -1.01. The van der Waals surface area contributed by atoms with Gasteiger partial charge in [-0.05, 0) is 17.7 Å². The molecule has 0 saturated carbocycles. The van der Waals surface area contributed by atoms with Crippen molar-refractivity contribution >= 4 is 26.6 Å². The lowest BCUT2D eigenvalue weighted by Crippen LogP contribution is -2.11. The second kappa shape index (κ2) is 6.10. The normalized spacial score (nSPS) is 13.2. The molecule has 0 bridgehead atoms. The van der Waals surface area contributed by atoms with Crippen LogP contribution < -0.4 is 0 Å². The molecule has 1 aromatic rings. The van der Waals surface area contributed by atoms with Gasteiger partial charge in [0.1, 0.15) is 9.84 Å². The number of rotatable bonds is 6. The van der Waals surface area contributed by atoms with E-state index in [4.69, 9.17) is 5.11 Å². The quantitative estimate of drug-likeness (QED) is 0.822. The molecule has 0 radical (unpaired) electrons. The highest BCUT2D eigenvalue weighted by molar-refractivity contribution is 7.92. The van der Waals surface area contributed by atoms with Crippen LogP contribution in [0.15, 0.2) is 29.2 Å². The van der Waals surface area contributed by atoms with Gasteiger partial charge in [0.05, 0.1) is 23.0 Å². The minimum Gasteiger partial charge on any atom is -0.481 e. The first kappa shape index (κ1) is 14.8. The first-order chi connectivity index (χ1) is 8.28. The number of carboxylic acids is 1. The molecule has 0 fully saturated rings. The molecule has 7 heteroatoms. The molecule has 1 aromatic carbocycles. The molecule has 0 amide bonds. The van der Waals surface area contributed by atoms with Gasteiger partial charge in [-0.15, -0.1) is 0 Å². The zero-order valence-corrected chi connectivity index (χ0v) is 11.5. The Kier molecular flexibility index (Phi) is 5.03. The van der Waals surface area contributed by atoms with E-state index < -0.39 is 26.6 Å². The van der Waals surface area contributed by atoms with Gasteiger partial charge in [0, 0.05) is 16.9 Å². The Morgan fingerprint density at radius 3 is 2.28 bits per heavy atom. The van der Waals surface area contributed by atoms with Gasteiger partial charge >= 0.3 is 5.97 Å². The van der Waals surface area contributed by atoms with Crippen molar-refractivity contribution in [3.8, 4) is 0 Å². The van der Waals surface area contributed by atoms with Crippen molar-refractivity contribution in [2.45, 2.75) is 11.3 Å². The summed E-state index contributed by atoms with van der Waals surface area (Å²) in [5.41, 5.74) is 0.617. The average Bonchev–Trinajstić information content (AvgIpc) is 2.25. The van der Waals surface area contributed by atoms with Crippen LogP contribution in [0.25, 0.3) is 0 Å². The van der Waals surface area contributed by atoms with Crippen LogP contribution in [-0.2, 0) is 31.9 Å². The van der Waals surface area contributed by atoms with Crippen molar-refractivity contribution in [1.29, 1.82) is 0 Å². The number of carboxylic acid groups (broad SMARTS) is 1. The summed E-state index contributed by atoms with van der Waals surface area (Å²) in [6.45, 7) is 0. The highest BCUT2D eigenvalue weighted by atomic mass is 32.2. The first-order valence-corrected chi connectivity index (χ1v) is 8.53. The molecule has 5 nitrogen and oxygen atoms in total. The number of carbonyl (C=O) groups is 1. The van der Waals surface area contributed by atoms with Crippen LogP contribution in [0.4, 0.5) is 0 Å². The maximum atomic E-state index is 11.8. The number of sulfone groups is 1. The fourth-order valence-corrected chi connectivity index (χ4v) is 3.77. The predicted octanol–water partition coefficient (Wildman–Crippen LogP) is 0.466. The Morgan fingerprint density at radius 1 is 1.28 bits per heavy atom. The van der Waals surface area contributed by atoms with E-state index in [0.29, 0.717) is 10.5 Å². The minimum atomic E-state index is -3.12. The maximum Gasteiger partial charge on any atom is 0.307 e. The summed E-state index contributed by atoms with van der Waals surface area (Å²) in [6.07, 6.45) is 1.01. The Morgan fingerprint density at radius 2 is 1.83 bits per heavy atom. The summed E-state index contributed by atoms with van der Waals surface area (Å²) >= 11 is 0. The highest BCUT2D eigenvalue weighted by Gasteiger charge is 2.09. The lowest BCUT2D eigenvalue weighted by molar-refractivity contribution is -0.136. The standard InChI is InChI=1S/C11H14O5S2/c1-18(15,16)7-6-17(14)10-4-2-9(3-5-10)8-11(12)13/h2-5H,6-8H2,1H3,(H,12,13). The van der Waals surface area contributed by atoms with Crippen molar-refractivity contribution < 1.29 is 22.5 Å². The number of aliphatic carboxylic acids is 1. The molecule has 1 atom stereocenters. The summed E-state index contributed by atoms with van der Waals surface area (Å²) in [7, 11) is -4.50. The Hall–Kier alpha value is -1.21. The number of hydrogen-bond acceptors (Lipinski definition) is 4. The summed E-state index contributed by atoms with van der Waals surface area (Å²) in [5, 5.41) is 8.59. The predicted molar refractivity (Wildman–Crippen MR) is 68.8 cm³/mol. The van der Waals surface area contributed by atoms with E-state index in [1.807, 2.05) is 0 Å². The maximum absolute atomic E-state index is 11.8. The van der Waals surface area contributed by atoms with Gasteiger partial charge < -0.3 is 5.11 Å². The van der Waals surface area contributed by atoms with Gasteiger partial charge in [0.25, 0.3) is 0 Å². The third-order valence-electron chi connectivity index (χ3n) is 2.18. The molecule has 0 heterocycles. The zero-order valence-electron chi connectivity index (χ0n) is 9.83. The second-order valence-electron chi connectivity index (χ2n) is 3.89. The van der Waals surface area contributed by atoms with E-state index in [1.54, 1.807) is 24.3 Å². The molecular formula is C11H14O5S2. The van der Waals surface area contributed by atoms with Crippen molar-refractivity contribution in [3.63, 3.8) is 0 Å². The summed E-state index contributed by atoms with van der Waals surface area (Å²) in [6, 6.07) is 6.30. The Balaban J connectivity index is 2.67. The summed E-state index contributed by atoms with van der Waals surface area (Å²) in [4.78, 5) is 11.0. The topological polar surface area (TPSA) is 88.5 Å². The molecule has 0 saturated heterocycles. The fraction of sp³-hybridized carbons (Fsp3) is 0.364. The van der Waals surface area contributed by atoms with Gasteiger partial charge in [-0.25, -0.2) is 8.42 Å². The monoisotopic (exact) mass is 290 g/mol. The van der Waals surface area contributed by atoms with E-state index >= 15 is 0 Å². The van der Waals surface area contributed by atoms with Crippen molar-refractivity contribution in [2.75, 3.05) is 17.8 Å². The lowest BCUT2D eigenvalue weighted by Gasteiger charge is -2.03. The Bertz CT molecular complexity index is 545. The number of hydrogen-bond donors (Lipinski definition) is 1. The molecular weight excluding hydrogens is 276 g/mol. The van der Waals surface area contributed by atoms with Crippen molar-refractivity contribution in [3.05, 3.63) is 29.8 Å². The van der Waals surface area contributed by atoms with Crippen molar-refractivity contribution in [1.82, 2.24) is 0 Å². The third kappa shape index (κ3) is 5.42. The molecule has 0 aromatic heterocycles. The Labute approximate surface area is 108 Å². The van der Waals surface area contributed by atoms with Crippen LogP contribution in [0.2, 0.25) is 0 Å². The minimum absolute atomic E-state index is 0.0527. The van der Waals surface area contributed by atoms with E-state index in [-0.39, 0.29) is 17.9 Å². The zero-order chi connectivity index (χ0) is 13.8. The smallest absolute Gasteiger partial charge is 0.307 e. The molecule has 18 heavy (non-hydrogen) atoms. The first-order valence-electron chi connectivity index (χ1n) is 5.15. The third-order valence-corrected chi connectivity index (χ3v) is 4.76. The van der Waals surface area contributed by atoms with E-state index in [0.717, 1.165) is 6.26 Å². The molecule has 1 unspecified atom stereocenters. The second-order valence-corrected chi connectivity index (χ2v) is 7.72. The highest BCUT2D eigenvalue weighted by Crippen LogP contribution is 2.10. The van der Waals surface area contributed by atoms with Crippen molar-refractivity contribution in [2.24, 2.45) is 0 Å². The van der Waals surface area contributed by atoms with Crippen LogP contribution in [-0.4, -0.2) is 41.5 Å². The van der Waals surface area contributed by atoms with Gasteiger partial charge in [0.15, 0.2) is 0 Å². The van der Waals surface area contributed by atoms with Gasteiger partial charge in [-0.2, -0.15) is 0 Å². The number of benzene rings is 1. The van der Waals surface area contributed by atoms with Crippen LogP contribution in [0.3, 0.4) is 0 Å². The molecule has 0 spiro atoms. The summed E-state index contributed by atoms with van der Waals surface area (Å²) < 4.78 is 33.6. The van der Waals surface area contributed by atoms with E-state index in [9.17, 15) is 17.4 Å². The van der Waals surface area contributed by atoms with Crippen LogP contribution in [0, 0.1) is 0 Å². The molecule has 1 rings (SSSR count). The molecule has 0 aliphatic heterocycles. The van der Waals surface area contributed by atoms with Crippen LogP contribution in [0.1, 0.15) is 5.56 Å². The van der Waals surface area contributed by atoms with Gasteiger partial charge in [0.2, 0.25) is 0 Å². The lowest BCUT2D eigenvalue weighted by atomic mass is 10.2. The van der Waals surface area contributed by atoms with Gasteiger partial charge in [-0.1, -0.05) is 12.1 Å². The largest absolute Gasteiger partial charge is 0.481 e. The van der Waals surface area contributed by atoms with E-state index in [1.165, 1.54) is 0 Å². The molecule has 1 N–H and O–H groups in total. The average molecular weight is 290 g/mol. The SMILES string of the molecule is CS(=O)(=O)CCS(=O)c1ccc(CC(=O)O)cc1. The fourth-order valence-electron chi connectivity index (χ4n) is 1.28. The molecule has 100 valence electrons. The van der Waals surface area contributed by atoms with Crippen LogP contribution >= 0.6 is 0 Å².